The van der Waals surface area contributed by atoms with Gasteiger partial charge in [-0.25, -0.2) is 9.48 Å². The van der Waals surface area contributed by atoms with E-state index in [1.165, 1.54) is 12.8 Å². The lowest BCUT2D eigenvalue weighted by Gasteiger charge is -2.05. The summed E-state index contributed by atoms with van der Waals surface area (Å²) < 4.78 is 6.76. The van der Waals surface area contributed by atoms with Crippen LogP contribution in [0.5, 0.6) is 0 Å². The molecular weight excluding hydrogens is 234 g/mol. The summed E-state index contributed by atoms with van der Waals surface area (Å²) in [6, 6.07) is 0. The van der Waals surface area contributed by atoms with Crippen molar-refractivity contribution in [1.29, 1.82) is 0 Å². The van der Waals surface area contributed by atoms with Gasteiger partial charge in [-0.3, -0.25) is 0 Å². The smallest absolute Gasteiger partial charge is 0.407 e. The highest BCUT2D eigenvalue weighted by Gasteiger charge is 2.23. The molecule has 1 aliphatic carbocycles. The largest absolute Gasteiger partial charge is 0.442 e. The molecule has 1 saturated heterocycles. The van der Waals surface area contributed by atoms with Gasteiger partial charge in [0.25, 0.3) is 0 Å². The number of nitrogens with zero attached hydrogens (tertiary/aromatic N) is 3. The molecule has 2 aliphatic rings. The van der Waals surface area contributed by atoms with Gasteiger partial charge in [0.15, 0.2) is 0 Å². The molecule has 7 nitrogen and oxygen atoms in total. The van der Waals surface area contributed by atoms with E-state index >= 15 is 0 Å². The fourth-order valence-corrected chi connectivity index (χ4v) is 1.98. The van der Waals surface area contributed by atoms with Gasteiger partial charge in [0.05, 0.1) is 18.8 Å². The molecule has 0 bridgehead atoms. The maximum absolute atomic E-state index is 10.9. The van der Waals surface area contributed by atoms with Crippen molar-refractivity contribution in [1.82, 2.24) is 25.6 Å². The summed E-state index contributed by atoms with van der Waals surface area (Å²) in [5.74, 6) is 0.865. The molecule has 3 rings (SSSR count). The first kappa shape index (κ1) is 11.5. The van der Waals surface area contributed by atoms with Crippen LogP contribution in [0.1, 0.15) is 18.5 Å². The lowest BCUT2D eigenvalue weighted by atomic mass is 10.3. The zero-order valence-corrected chi connectivity index (χ0v) is 10.1. The van der Waals surface area contributed by atoms with Crippen molar-refractivity contribution in [2.45, 2.75) is 32.0 Å². The monoisotopic (exact) mass is 251 g/mol. The van der Waals surface area contributed by atoms with Crippen LogP contribution in [-0.2, 0) is 17.8 Å². The Kier molecular flexibility index (Phi) is 3.14. The lowest BCUT2D eigenvalue weighted by Crippen LogP contribution is -2.21. The fraction of sp³-hybridized carbons (Fsp3) is 0.727. The first-order chi connectivity index (χ1) is 8.79. The first-order valence-corrected chi connectivity index (χ1v) is 6.34. The van der Waals surface area contributed by atoms with Gasteiger partial charge in [0.2, 0.25) is 0 Å². The number of amides is 1. The van der Waals surface area contributed by atoms with E-state index in [0.29, 0.717) is 13.1 Å². The molecule has 2 N–H and O–H groups in total. The van der Waals surface area contributed by atoms with E-state index in [2.05, 4.69) is 20.9 Å². The standard InChI is InChI=1S/C11H17N5O2/c17-11-13-5-10(18-11)7-16-6-9(14-15-16)4-12-3-8-1-2-8/h6,8,10,12H,1-5,7H2,(H,13,17). The molecule has 1 amide bonds. The lowest BCUT2D eigenvalue weighted by molar-refractivity contribution is 0.128. The van der Waals surface area contributed by atoms with Crippen LogP contribution in [0.3, 0.4) is 0 Å². The van der Waals surface area contributed by atoms with E-state index in [1.807, 2.05) is 6.20 Å². The number of nitrogens with one attached hydrogen (secondary N) is 2. The van der Waals surface area contributed by atoms with Gasteiger partial charge in [-0.15, -0.1) is 5.10 Å². The van der Waals surface area contributed by atoms with Crippen molar-refractivity contribution in [3.05, 3.63) is 11.9 Å². The molecule has 2 heterocycles. The van der Waals surface area contributed by atoms with Crippen LogP contribution in [0.25, 0.3) is 0 Å². The number of aromatic nitrogens is 3. The van der Waals surface area contributed by atoms with Crippen LogP contribution in [0.15, 0.2) is 6.20 Å². The van der Waals surface area contributed by atoms with E-state index in [4.69, 9.17) is 4.74 Å². The predicted octanol–water partition coefficient (Wildman–Crippen LogP) is -0.114. The van der Waals surface area contributed by atoms with Crippen molar-refractivity contribution in [3.8, 4) is 0 Å². The van der Waals surface area contributed by atoms with Gasteiger partial charge in [0.1, 0.15) is 6.10 Å². The minimum atomic E-state index is -0.355. The molecule has 7 heteroatoms. The minimum Gasteiger partial charge on any atom is -0.442 e. The van der Waals surface area contributed by atoms with Crippen LogP contribution in [-0.4, -0.2) is 40.3 Å². The van der Waals surface area contributed by atoms with E-state index in [1.54, 1.807) is 4.68 Å². The third-order valence-electron chi connectivity index (χ3n) is 3.16. The van der Waals surface area contributed by atoms with Crippen molar-refractivity contribution in [3.63, 3.8) is 0 Å². The van der Waals surface area contributed by atoms with Gasteiger partial charge < -0.3 is 15.4 Å². The molecule has 1 aromatic rings. The Hall–Kier alpha value is -1.63. The zero-order valence-electron chi connectivity index (χ0n) is 10.1. The normalized spacial score (nSPS) is 22.9. The maximum Gasteiger partial charge on any atom is 0.407 e. The molecule has 1 atom stereocenters. The number of hydrogen-bond acceptors (Lipinski definition) is 5. The number of rotatable bonds is 6. The highest BCUT2D eigenvalue weighted by Crippen LogP contribution is 2.27. The van der Waals surface area contributed by atoms with Crippen LogP contribution < -0.4 is 10.6 Å². The van der Waals surface area contributed by atoms with Crippen molar-refractivity contribution >= 4 is 6.09 Å². The molecule has 98 valence electrons. The minimum absolute atomic E-state index is 0.147. The Morgan fingerprint density at radius 1 is 1.56 bits per heavy atom. The Morgan fingerprint density at radius 3 is 3.17 bits per heavy atom. The number of alkyl carbamates (subject to hydrolysis) is 1. The Labute approximate surface area is 105 Å². The number of carbonyl (C=O) groups excluding carboxylic acids is 1. The SMILES string of the molecule is O=C1NCC(Cn2cc(CNCC3CC3)nn2)O1. The van der Waals surface area contributed by atoms with Crippen molar-refractivity contribution in [2.24, 2.45) is 5.92 Å². The summed E-state index contributed by atoms with van der Waals surface area (Å²) in [4.78, 5) is 10.9. The average molecular weight is 251 g/mol. The summed E-state index contributed by atoms with van der Waals surface area (Å²) in [6.07, 6.45) is 4.09. The topological polar surface area (TPSA) is 81.1 Å². The Balaban J connectivity index is 1.44. The van der Waals surface area contributed by atoms with Crippen molar-refractivity contribution in [2.75, 3.05) is 13.1 Å². The summed E-state index contributed by atoms with van der Waals surface area (Å²) in [5.41, 5.74) is 0.924. The molecule has 1 aliphatic heterocycles. The molecule has 1 aromatic heterocycles. The summed E-state index contributed by atoms with van der Waals surface area (Å²) in [6.45, 7) is 2.90. The van der Waals surface area contributed by atoms with E-state index in [9.17, 15) is 4.79 Å². The van der Waals surface area contributed by atoms with Crippen LogP contribution in [0.4, 0.5) is 4.79 Å². The van der Waals surface area contributed by atoms with E-state index in [-0.39, 0.29) is 12.2 Å². The molecule has 1 saturated carbocycles. The zero-order chi connectivity index (χ0) is 12.4. The van der Waals surface area contributed by atoms with Crippen LogP contribution in [0, 0.1) is 5.92 Å². The molecule has 1 unspecified atom stereocenters. The number of hydrogen-bond donors (Lipinski definition) is 2. The van der Waals surface area contributed by atoms with Gasteiger partial charge in [-0.2, -0.15) is 0 Å². The molecule has 0 radical (unpaired) electrons. The highest BCUT2D eigenvalue weighted by molar-refractivity contribution is 5.69. The summed E-state index contributed by atoms with van der Waals surface area (Å²) in [7, 11) is 0. The Bertz CT molecular complexity index is 429. The quantitative estimate of drug-likeness (QED) is 0.737. The molecule has 0 aromatic carbocycles. The summed E-state index contributed by atoms with van der Waals surface area (Å²) >= 11 is 0. The fourth-order valence-electron chi connectivity index (χ4n) is 1.98. The second kappa shape index (κ2) is 4.93. The van der Waals surface area contributed by atoms with Gasteiger partial charge >= 0.3 is 6.09 Å². The second-order valence-electron chi connectivity index (χ2n) is 4.91. The average Bonchev–Trinajstić information content (AvgIpc) is 2.92. The van der Waals surface area contributed by atoms with Crippen molar-refractivity contribution < 1.29 is 9.53 Å². The number of carbonyl (C=O) groups is 1. The molecule has 2 fully saturated rings. The molecule has 18 heavy (non-hydrogen) atoms. The third-order valence-corrected chi connectivity index (χ3v) is 3.16. The molecular formula is C11H17N5O2. The van der Waals surface area contributed by atoms with Crippen LogP contribution in [0.2, 0.25) is 0 Å². The van der Waals surface area contributed by atoms with Gasteiger partial charge in [0, 0.05) is 12.7 Å². The second-order valence-corrected chi connectivity index (χ2v) is 4.91. The Morgan fingerprint density at radius 2 is 2.44 bits per heavy atom. The first-order valence-electron chi connectivity index (χ1n) is 6.34. The maximum atomic E-state index is 10.9. The number of cyclic esters (lactones) is 1. The van der Waals surface area contributed by atoms with E-state index in [0.717, 1.165) is 24.7 Å². The van der Waals surface area contributed by atoms with Gasteiger partial charge in [-0.1, -0.05) is 5.21 Å². The third kappa shape index (κ3) is 2.98. The molecule has 0 spiro atoms. The van der Waals surface area contributed by atoms with Gasteiger partial charge in [-0.05, 0) is 25.3 Å². The number of ether oxygens (including phenoxy) is 1. The summed E-state index contributed by atoms with van der Waals surface area (Å²) in [5, 5.41) is 14.1. The highest BCUT2D eigenvalue weighted by atomic mass is 16.6. The predicted molar refractivity (Wildman–Crippen MR) is 62.7 cm³/mol. The van der Waals surface area contributed by atoms with E-state index < -0.39 is 0 Å². The van der Waals surface area contributed by atoms with Crippen LogP contribution >= 0.6 is 0 Å².